The number of aryl methyl sites for hydroxylation is 2. The molecule has 4 atom stereocenters. The highest BCUT2D eigenvalue weighted by Gasteiger charge is 2.43. The molecule has 1 saturated carbocycles. The molecular weight excluding hydrogens is 386 g/mol. The van der Waals surface area contributed by atoms with Crippen LogP contribution in [0.15, 0.2) is 48.1 Å². The maximum Gasteiger partial charge on any atom is 0.0676 e. The Morgan fingerprint density at radius 3 is 2.97 bits per heavy atom. The van der Waals surface area contributed by atoms with E-state index in [0.29, 0.717) is 11.8 Å². The largest absolute Gasteiger partial charge is 0.392 e. The van der Waals surface area contributed by atoms with Crippen LogP contribution in [0.2, 0.25) is 0 Å². The average Bonchev–Trinajstić information content (AvgIpc) is 3.28. The molecule has 170 valence electrons. The maximum absolute atomic E-state index is 10.6. The van der Waals surface area contributed by atoms with Gasteiger partial charge >= 0.3 is 0 Å². The minimum Gasteiger partial charge on any atom is -0.392 e. The molecule has 1 saturated heterocycles. The predicted octanol–water partition coefficient (Wildman–Crippen LogP) is 4.17. The van der Waals surface area contributed by atoms with E-state index >= 15 is 0 Å². The highest BCUT2D eigenvalue weighted by Crippen LogP contribution is 2.47. The Morgan fingerprint density at radius 2 is 2.13 bits per heavy atom. The van der Waals surface area contributed by atoms with Crippen molar-refractivity contribution in [2.75, 3.05) is 46.1 Å². The minimum atomic E-state index is -0.197. The molecule has 31 heavy (non-hydrogen) atoms. The third-order valence-electron chi connectivity index (χ3n) is 7.14. The van der Waals surface area contributed by atoms with E-state index in [1.807, 2.05) is 0 Å². The van der Waals surface area contributed by atoms with E-state index in [-0.39, 0.29) is 12.0 Å². The van der Waals surface area contributed by atoms with Crippen molar-refractivity contribution in [2.45, 2.75) is 45.1 Å². The second kappa shape index (κ2) is 11.4. The van der Waals surface area contributed by atoms with Crippen LogP contribution in [-0.2, 0) is 15.9 Å². The zero-order chi connectivity index (χ0) is 21.5. The van der Waals surface area contributed by atoms with Gasteiger partial charge in [0.1, 0.15) is 0 Å². The van der Waals surface area contributed by atoms with Gasteiger partial charge in [0.2, 0.25) is 0 Å². The summed E-state index contributed by atoms with van der Waals surface area (Å²) in [6.07, 6.45) is 12.0. The molecule has 4 rings (SSSR count). The molecule has 1 aliphatic heterocycles. The summed E-state index contributed by atoms with van der Waals surface area (Å²) in [5, 5.41) is 10.6. The fourth-order valence-electron chi connectivity index (χ4n) is 5.50. The molecule has 0 spiro atoms. The second-order valence-corrected chi connectivity index (χ2v) is 9.55. The Kier molecular flexibility index (Phi) is 8.37. The molecule has 1 heterocycles. The lowest BCUT2D eigenvalue weighted by atomic mass is 9.89. The van der Waals surface area contributed by atoms with Gasteiger partial charge in [-0.05, 0) is 62.0 Å². The van der Waals surface area contributed by atoms with Crippen LogP contribution in [0.25, 0.3) is 0 Å². The Labute approximate surface area is 187 Å². The summed E-state index contributed by atoms with van der Waals surface area (Å²) in [6.45, 7) is 8.68. The third kappa shape index (κ3) is 6.52. The van der Waals surface area contributed by atoms with Crippen LogP contribution in [0.3, 0.4) is 0 Å². The number of hydrogen-bond donors (Lipinski definition) is 1. The summed E-state index contributed by atoms with van der Waals surface area (Å²) in [6, 6.07) is 8.75. The van der Waals surface area contributed by atoms with E-state index in [0.717, 1.165) is 78.2 Å². The Bertz CT molecular complexity index is 753. The fourth-order valence-corrected chi connectivity index (χ4v) is 5.50. The quantitative estimate of drug-likeness (QED) is 0.451. The number of benzene rings is 1. The highest BCUT2D eigenvalue weighted by atomic mass is 16.5. The minimum absolute atomic E-state index is 0.197. The van der Waals surface area contributed by atoms with Crippen molar-refractivity contribution >= 4 is 0 Å². The van der Waals surface area contributed by atoms with E-state index < -0.39 is 0 Å². The second-order valence-electron chi connectivity index (χ2n) is 9.55. The van der Waals surface area contributed by atoms with Crippen molar-refractivity contribution in [3.8, 4) is 0 Å². The standard InChI is InChI=1S/C27H39NO3/c1-21-6-4-8-22(16-21)7-2-3-9-25-26-18-23(17-24(26)19-27(25)29)20-31-13-5-10-28-11-14-30-15-12-28/h3-4,6,8-9,16-17,24-27,29H,2,5,7,10-15,18-20H2,1H3/b9-3+/t24-,25+,26-,27+/m0/s1. The number of allylic oxidation sites excluding steroid dienone is 2. The number of ether oxygens (including phenoxy) is 2. The van der Waals surface area contributed by atoms with Crippen LogP contribution in [0, 0.1) is 24.7 Å². The predicted molar refractivity (Wildman–Crippen MR) is 125 cm³/mol. The van der Waals surface area contributed by atoms with Gasteiger partial charge in [-0.25, -0.2) is 0 Å². The molecule has 2 aliphatic carbocycles. The number of rotatable bonds is 10. The number of morpholine rings is 1. The smallest absolute Gasteiger partial charge is 0.0676 e. The molecule has 0 amide bonds. The van der Waals surface area contributed by atoms with E-state index in [2.05, 4.69) is 54.3 Å². The summed E-state index contributed by atoms with van der Waals surface area (Å²) in [4.78, 5) is 2.46. The van der Waals surface area contributed by atoms with Crippen molar-refractivity contribution in [3.63, 3.8) is 0 Å². The number of aliphatic hydroxyl groups excluding tert-OH is 1. The normalized spacial score (nSPS) is 28.9. The number of nitrogens with zero attached hydrogens (tertiary/aromatic N) is 1. The summed E-state index contributed by atoms with van der Waals surface area (Å²) in [5.41, 5.74) is 4.15. The van der Waals surface area contributed by atoms with E-state index in [4.69, 9.17) is 9.47 Å². The van der Waals surface area contributed by atoms with Crippen LogP contribution in [0.4, 0.5) is 0 Å². The van der Waals surface area contributed by atoms with Gasteiger partial charge in [0.15, 0.2) is 0 Å². The lowest BCUT2D eigenvalue weighted by Crippen LogP contribution is -2.37. The SMILES string of the molecule is Cc1cccc(CC/C=C/[C@@H]2[C@H]3CC(COCCCN4CCOCC4)=C[C@H]3C[C@H]2O)c1. The molecule has 1 aromatic carbocycles. The lowest BCUT2D eigenvalue weighted by molar-refractivity contribution is 0.0328. The van der Waals surface area contributed by atoms with Crippen LogP contribution in [0.1, 0.15) is 36.8 Å². The molecule has 3 aliphatic rings. The van der Waals surface area contributed by atoms with Crippen molar-refractivity contribution in [2.24, 2.45) is 17.8 Å². The van der Waals surface area contributed by atoms with Gasteiger partial charge in [-0.15, -0.1) is 0 Å². The molecule has 4 nitrogen and oxygen atoms in total. The van der Waals surface area contributed by atoms with E-state index in [9.17, 15) is 5.11 Å². The average molecular weight is 426 g/mol. The first-order valence-electron chi connectivity index (χ1n) is 12.2. The van der Waals surface area contributed by atoms with Gasteiger partial charge in [0.25, 0.3) is 0 Å². The van der Waals surface area contributed by atoms with Gasteiger partial charge in [-0.2, -0.15) is 0 Å². The van der Waals surface area contributed by atoms with E-state index in [1.165, 1.54) is 16.7 Å². The zero-order valence-electron chi connectivity index (χ0n) is 19.0. The molecule has 1 N–H and O–H groups in total. The lowest BCUT2D eigenvalue weighted by Gasteiger charge is -2.26. The van der Waals surface area contributed by atoms with Crippen LogP contribution in [-0.4, -0.2) is 62.2 Å². The van der Waals surface area contributed by atoms with Gasteiger partial charge < -0.3 is 14.6 Å². The number of fused-ring (bicyclic) bond motifs is 1. The molecule has 0 bridgehead atoms. The van der Waals surface area contributed by atoms with Gasteiger partial charge in [-0.3, -0.25) is 4.90 Å². The van der Waals surface area contributed by atoms with Crippen LogP contribution < -0.4 is 0 Å². The Balaban J connectivity index is 1.16. The number of aliphatic hydroxyl groups is 1. The summed E-state index contributed by atoms with van der Waals surface area (Å²) >= 11 is 0. The summed E-state index contributed by atoms with van der Waals surface area (Å²) < 4.78 is 11.4. The first-order valence-corrected chi connectivity index (χ1v) is 12.2. The van der Waals surface area contributed by atoms with Crippen LogP contribution in [0.5, 0.6) is 0 Å². The van der Waals surface area contributed by atoms with Gasteiger partial charge in [0, 0.05) is 32.2 Å². The first-order chi connectivity index (χ1) is 15.2. The van der Waals surface area contributed by atoms with Crippen LogP contribution >= 0.6 is 0 Å². The molecular formula is C27H39NO3. The molecule has 4 heteroatoms. The molecule has 0 radical (unpaired) electrons. The first kappa shape index (κ1) is 22.7. The molecule has 0 unspecified atom stereocenters. The molecule has 1 aromatic rings. The van der Waals surface area contributed by atoms with Gasteiger partial charge in [0.05, 0.1) is 25.9 Å². The monoisotopic (exact) mass is 425 g/mol. The third-order valence-corrected chi connectivity index (χ3v) is 7.14. The highest BCUT2D eigenvalue weighted by molar-refractivity contribution is 5.23. The maximum atomic E-state index is 10.6. The fraction of sp³-hybridized carbons (Fsp3) is 0.630. The zero-order valence-corrected chi connectivity index (χ0v) is 19.0. The van der Waals surface area contributed by atoms with Crippen molar-refractivity contribution < 1.29 is 14.6 Å². The Morgan fingerprint density at radius 1 is 1.26 bits per heavy atom. The number of hydrogen-bond acceptors (Lipinski definition) is 4. The topological polar surface area (TPSA) is 41.9 Å². The van der Waals surface area contributed by atoms with E-state index in [1.54, 1.807) is 0 Å². The molecule has 0 aromatic heterocycles. The molecule has 2 fully saturated rings. The summed E-state index contributed by atoms with van der Waals surface area (Å²) in [5.74, 6) is 1.36. The van der Waals surface area contributed by atoms with Gasteiger partial charge in [-0.1, -0.05) is 48.1 Å². The van der Waals surface area contributed by atoms with Crippen molar-refractivity contribution in [1.82, 2.24) is 4.90 Å². The summed E-state index contributed by atoms with van der Waals surface area (Å²) in [7, 11) is 0. The van der Waals surface area contributed by atoms with Crippen molar-refractivity contribution in [3.05, 3.63) is 59.2 Å². The Hall–Kier alpha value is -1.46. The van der Waals surface area contributed by atoms with Crippen molar-refractivity contribution in [1.29, 1.82) is 0 Å².